The number of carbonyl (C=O) groups excluding carboxylic acids is 1. The summed E-state index contributed by atoms with van der Waals surface area (Å²) in [6.07, 6.45) is 0.0803. The second-order valence-corrected chi connectivity index (χ2v) is 6.02. The molecule has 2 heterocycles. The molecule has 0 unspecified atom stereocenters. The molecule has 5 heteroatoms. The molecule has 2 bridgehead atoms. The summed E-state index contributed by atoms with van der Waals surface area (Å²) in [5.74, 6) is -1.21. The monoisotopic (exact) mass is 338 g/mol. The van der Waals surface area contributed by atoms with Crippen molar-refractivity contribution < 1.29 is 19.0 Å². The van der Waals surface area contributed by atoms with Crippen LogP contribution in [0.2, 0.25) is 0 Å². The maximum atomic E-state index is 12.2. The van der Waals surface area contributed by atoms with E-state index < -0.39 is 11.9 Å². The van der Waals surface area contributed by atoms with Crippen molar-refractivity contribution in [2.45, 2.75) is 31.3 Å². The highest BCUT2D eigenvalue weighted by molar-refractivity contribution is 9.10. The number of esters is 1. The van der Waals surface area contributed by atoms with E-state index in [1.807, 2.05) is 13.0 Å². The van der Waals surface area contributed by atoms with Gasteiger partial charge in [0.2, 0.25) is 0 Å². The molecule has 0 aliphatic carbocycles. The van der Waals surface area contributed by atoms with Crippen LogP contribution in [0.1, 0.15) is 23.7 Å². The standard InChI is InChI=1S/C15H15BrO4/c1-9-13(12-6-7-18-15(9,2)20-12)19-14(17)10-4-3-5-11(16)8-10/h3-5,8,12-13H,1,6-7H2,2H3/t12-,13-,15-/m1/s1. The van der Waals surface area contributed by atoms with Gasteiger partial charge in [-0.2, -0.15) is 0 Å². The number of halogens is 1. The van der Waals surface area contributed by atoms with Crippen molar-refractivity contribution >= 4 is 21.9 Å². The Morgan fingerprint density at radius 2 is 2.35 bits per heavy atom. The van der Waals surface area contributed by atoms with Gasteiger partial charge in [-0.3, -0.25) is 0 Å². The average Bonchev–Trinajstić information content (AvgIpc) is 2.58. The third-order valence-corrected chi connectivity index (χ3v) is 4.21. The fourth-order valence-electron chi connectivity index (χ4n) is 2.56. The van der Waals surface area contributed by atoms with Crippen LogP contribution in [0.3, 0.4) is 0 Å². The molecule has 0 spiro atoms. The molecule has 4 nitrogen and oxygen atoms in total. The van der Waals surface area contributed by atoms with E-state index in [-0.39, 0.29) is 12.1 Å². The van der Waals surface area contributed by atoms with Crippen molar-refractivity contribution in [1.29, 1.82) is 0 Å². The first-order chi connectivity index (χ1) is 9.49. The van der Waals surface area contributed by atoms with Gasteiger partial charge in [-0.25, -0.2) is 4.79 Å². The van der Waals surface area contributed by atoms with Gasteiger partial charge in [0.05, 0.1) is 12.2 Å². The summed E-state index contributed by atoms with van der Waals surface area (Å²) in [5.41, 5.74) is 1.17. The van der Waals surface area contributed by atoms with Crippen molar-refractivity contribution in [3.05, 3.63) is 46.5 Å². The van der Waals surface area contributed by atoms with E-state index in [0.717, 1.165) is 4.47 Å². The molecule has 2 saturated heterocycles. The van der Waals surface area contributed by atoms with Crippen LogP contribution >= 0.6 is 15.9 Å². The molecule has 2 fully saturated rings. The van der Waals surface area contributed by atoms with Crippen LogP contribution in [0.15, 0.2) is 40.9 Å². The summed E-state index contributed by atoms with van der Waals surface area (Å²) in [4.78, 5) is 12.2. The Morgan fingerprint density at radius 3 is 3.05 bits per heavy atom. The molecular formula is C15H15BrO4. The van der Waals surface area contributed by atoms with E-state index >= 15 is 0 Å². The molecule has 0 saturated carbocycles. The second-order valence-electron chi connectivity index (χ2n) is 5.10. The number of rotatable bonds is 2. The van der Waals surface area contributed by atoms with Gasteiger partial charge in [0.25, 0.3) is 0 Å². The molecule has 2 aliphatic rings. The quantitative estimate of drug-likeness (QED) is 0.614. The Kier molecular flexibility index (Phi) is 3.44. The van der Waals surface area contributed by atoms with Crippen LogP contribution in [-0.2, 0) is 14.2 Å². The SMILES string of the molecule is C=C1[C@@H](OC(=O)c2cccc(Br)c2)[C@H]2CCO[C@]1(C)O2. The molecule has 0 aromatic heterocycles. The van der Waals surface area contributed by atoms with E-state index in [9.17, 15) is 4.79 Å². The number of hydrogen-bond acceptors (Lipinski definition) is 4. The number of benzene rings is 1. The Labute approximate surface area is 125 Å². The molecule has 2 aliphatic heterocycles. The van der Waals surface area contributed by atoms with Gasteiger partial charge < -0.3 is 14.2 Å². The van der Waals surface area contributed by atoms with Crippen LogP contribution in [0.4, 0.5) is 0 Å². The lowest BCUT2D eigenvalue weighted by atomic mass is 10.0. The molecule has 0 N–H and O–H groups in total. The predicted octanol–water partition coefficient (Wildman–Crippen LogP) is 3.07. The highest BCUT2D eigenvalue weighted by Crippen LogP contribution is 2.42. The first kappa shape index (κ1) is 13.8. The first-order valence-electron chi connectivity index (χ1n) is 6.47. The van der Waals surface area contributed by atoms with Crippen molar-refractivity contribution in [3.8, 4) is 0 Å². The van der Waals surface area contributed by atoms with Crippen molar-refractivity contribution in [1.82, 2.24) is 0 Å². The van der Waals surface area contributed by atoms with Gasteiger partial charge in [0.15, 0.2) is 11.9 Å². The van der Waals surface area contributed by atoms with Gasteiger partial charge in [0.1, 0.15) is 6.10 Å². The lowest BCUT2D eigenvalue weighted by molar-refractivity contribution is -0.235. The molecule has 1 aromatic carbocycles. The Hall–Kier alpha value is -1.17. The zero-order valence-electron chi connectivity index (χ0n) is 11.1. The largest absolute Gasteiger partial charge is 0.451 e. The predicted molar refractivity (Wildman–Crippen MR) is 76.3 cm³/mol. The molecule has 3 atom stereocenters. The molecule has 1 aromatic rings. The van der Waals surface area contributed by atoms with Crippen molar-refractivity contribution in [2.24, 2.45) is 0 Å². The minimum Gasteiger partial charge on any atom is -0.451 e. The maximum Gasteiger partial charge on any atom is 0.338 e. The molecule has 3 rings (SSSR count). The number of hydrogen-bond donors (Lipinski definition) is 0. The molecule has 106 valence electrons. The average molecular weight is 339 g/mol. The van der Waals surface area contributed by atoms with E-state index in [0.29, 0.717) is 24.2 Å². The fraction of sp³-hybridized carbons (Fsp3) is 0.400. The summed E-state index contributed by atoms with van der Waals surface area (Å²) in [5, 5.41) is 0. The molecule has 0 radical (unpaired) electrons. The van der Waals surface area contributed by atoms with Gasteiger partial charge >= 0.3 is 5.97 Å². The van der Waals surface area contributed by atoms with E-state index in [4.69, 9.17) is 14.2 Å². The highest BCUT2D eigenvalue weighted by atomic mass is 79.9. The van der Waals surface area contributed by atoms with E-state index in [1.54, 1.807) is 18.2 Å². The summed E-state index contributed by atoms with van der Waals surface area (Å²) >= 11 is 3.34. The maximum absolute atomic E-state index is 12.2. The fourth-order valence-corrected chi connectivity index (χ4v) is 2.96. The van der Waals surface area contributed by atoms with Crippen molar-refractivity contribution in [2.75, 3.05) is 6.61 Å². The summed E-state index contributed by atoms with van der Waals surface area (Å²) in [6.45, 7) is 6.38. The van der Waals surface area contributed by atoms with Gasteiger partial charge in [-0.15, -0.1) is 0 Å². The topological polar surface area (TPSA) is 44.8 Å². The Balaban J connectivity index is 1.78. The number of ether oxygens (including phenoxy) is 3. The summed E-state index contributed by atoms with van der Waals surface area (Å²) < 4.78 is 17.8. The molecular weight excluding hydrogens is 324 g/mol. The minimum atomic E-state index is -0.828. The van der Waals surface area contributed by atoms with Crippen LogP contribution < -0.4 is 0 Å². The second kappa shape index (κ2) is 4.98. The van der Waals surface area contributed by atoms with Gasteiger partial charge in [-0.1, -0.05) is 28.6 Å². The van der Waals surface area contributed by atoms with Gasteiger partial charge in [0, 0.05) is 16.5 Å². The Morgan fingerprint density at radius 1 is 1.55 bits per heavy atom. The van der Waals surface area contributed by atoms with Gasteiger partial charge in [-0.05, 0) is 25.1 Å². The summed E-state index contributed by atoms with van der Waals surface area (Å²) in [6, 6.07) is 7.10. The van der Waals surface area contributed by atoms with Crippen LogP contribution in [-0.4, -0.2) is 30.6 Å². The lowest BCUT2D eigenvalue weighted by Gasteiger charge is -2.29. The number of fused-ring (bicyclic) bond motifs is 2. The third-order valence-electron chi connectivity index (χ3n) is 3.71. The lowest BCUT2D eigenvalue weighted by Crippen LogP contribution is -2.35. The zero-order chi connectivity index (χ0) is 14.3. The summed E-state index contributed by atoms with van der Waals surface area (Å²) in [7, 11) is 0. The zero-order valence-corrected chi connectivity index (χ0v) is 12.7. The van der Waals surface area contributed by atoms with E-state index in [2.05, 4.69) is 22.5 Å². The first-order valence-corrected chi connectivity index (χ1v) is 7.26. The normalized spacial score (nSPS) is 32.2. The van der Waals surface area contributed by atoms with Crippen LogP contribution in [0, 0.1) is 0 Å². The van der Waals surface area contributed by atoms with Crippen molar-refractivity contribution in [3.63, 3.8) is 0 Å². The smallest absolute Gasteiger partial charge is 0.338 e. The van der Waals surface area contributed by atoms with Crippen LogP contribution in [0.5, 0.6) is 0 Å². The highest BCUT2D eigenvalue weighted by Gasteiger charge is 2.52. The van der Waals surface area contributed by atoms with E-state index in [1.165, 1.54) is 0 Å². The molecule has 0 amide bonds. The van der Waals surface area contributed by atoms with Crippen LogP contribution in [0.25, 0.3) is 0 Å². The number of carbonyl (C=O) groups is 1. The molecule has 20 heavy (non-hydrogen) atoms. The minimum absolute atomic E-state index is 0.169. The Bertz CT molecular complexity index is 571. The third kappa shape index (κ3) is 2.30.